The van der Waals surface area contributed by atoms with Crippen molar-refractivity contribution in [2.75, 3.05) is 92.8 Å². The number of hydrogen-bond donors (Lipinski definition) is 2. The van der Waals surface area contributed by atoms with Crippen LogP contribution in [0.15, 0.2) is 4.99 Å². The Morgan fingerprint density at radius 3 is 2.41 bits per heavy atom. The molecule has 0 saturated carbocycles. The Labute approximate surface area is 167 Å². The Morgan fingerprint density at radius 2 is 1.74 bits per heavy atom. The van der Waals surface area contributed by atoms with Crippen LogP contribution in [-0.4, -0.2) is 113 Å². The van der Waals surface area contributed by atoms with Crippen LogP contribution in [0.4, 0.5) is 0 Å². The summed E-state index contributed by atoms with van der Waals surface area (Å²) in [4.78, 5) is 12.2. The fourth-order valence-corrected chi connectivity index (χ4v) is 3.26. The molecule has 0 amide bonds. The highest BCUT2D eigenvalue weighted by Gasteiger charge is 2.14. The largest absolute Gasteiger partial charge is 0.385 e. The van der Waals surface area contributed by atoms with Gasteiger partial charge in [0.25, 0.3) is 0 Å². The number of ether oxygens (including phenoxy) is 1. The van der Waals surface area contributed by atoms with Crippen LogP contribution in [-0.2, 0) is 4.74 Å². The third-order valence-corrected chi connectivity index (χ3v) is 5.08. The molecular weight excluding hydrogens is 340 g/mol. The van der Waals surface area contributed by atoms with Gasteiger partial charge in [0.2, 0.25) is 0 Å². The molecule has 7 nitrogen and oxygen atoms in total. The molecule has 1 heterocycles. The van der Waals surface area contributed by atoms with Crippen LogP contribution < -0.4 is 10.6 Å². The second-order valence-electron chi connectivity index (χ2n) is 7.32. The zero-order valence-electron chi connectivity index (χ0n) is 18.3. The van der Waals surface area contributed by atoms with E-state index in [2.05, 4.69) is 46.2 Å². The van der Waals surface area contributed by atoms with Crippen LogP contribution >= 0.6 is 0 Å². The van der Waals surface area contributed by atoms with Gasteiger partial charge in [0.05, 0.1) is 0 Å². The van der Waals surface area contributed by atoms with Gasteiger partial charge in [-0.15, -0.1) is 0 Å². The fraction of sp³-hybridized carbons (Fsp3) is 0.950. The van der Waals surface area contributed by atoms with E-state index < -0.39 is 0 Å². The van der Waals surface area contributed by atoms with Crippen molar-refractivity contribution in [3.63, 3.8) is 0 Å². The van der Waals surface area contributed by atoms with Gasteiger partial charge in [-0.1, -0.05) is 6.92 Å². The Hall–Kier alpha value is -0.890. The molecule has 1 aliphatic heterocycles. The molecule has 2 N–H and O–H groups in total. The minimum atomic E-state index is 0.830. The van der Waals surface area contributed by atoms with E-state index in [-0.39, 0.29) is 0 Å². The second kappa shape index (κ2) is 16.1. The highest BCUT2D eigenvalue weighted by molar-refractivity contribution is 5.79. The molecule has 1 rings (SSSR count). The molecule has 0 spiro atoms. The number of nitrogens with zero attached hydrogens (tertiary/aromatic N) is 4. The molecule has 27 heavy (non-hydrogen) atoms. The van der Waals surface area contributed by atoms with E-state index in [0.717, 1.165) is 58.1 Å². The van der Waals surface area contributed by atoms with Crippen LogP contribution in [0, 0.1) is 0 Å². The maximum absolute atomic E-state index is 5.10. The predicted molar refractivity (Wildman–Crippen MR) is 116 cm³/mol. The molecule has 1 fully saturated rings. The summed E-state index contributed by atoms with van der Waals surface area (Å²) in [6.07, 6.45) is 3.47. The molecule has 0 unspecified atom stereocenters. The number of piperazine rings is 1. The van der Waals surface area contributed by atoms with Crippen molar-refractivity contribution < 1.29 is 4.74 Å². The van der Waals surface area contributed by atoms with Crippen molar-refractivity contribution in [3.05, 3.63) is 0 Å². The van der Waals surface area contributed by atoms with Crippen LogP contribution in [0.2, 0.25) is 0 Å². The summed E-state index contributed by atoms with van der Waals surface area (Å²) < 4.78 is 5.10. The standard InChI is InChI=1S/C20H44N6O/c1-5-21-20(23-11-14-24(3)12-9-19-27-4)22-10-7-8-13-26-17-15-25(6-2)16-18-26/h5-19H2,1-4H3,(H2,21,22,23). The third kappa shape index (κ3) is 12.2. The molecule has 0 bridgehead atoms. The maximum atomic E-state index is 5.10. The molecule has 160 valence electrons. The number of likely N-dealkylation sites (N-methyl/N-ethyl adjacent to an activating group) is 2. The predicted octanol–water partition coefficient (Wildman–Crippen LogP) is 0.928. The number of aliphatic imine (C=N–C) groups is 1. The van der Waals surface area contributed by atoms with Crippen molar-refractivity contribution in [1.29, 1.82) is 0 Å². The minimum absolute atomic E-state index is 0.830. The van der Waals surface area contributed by atoms with E-state index in [1.807, 2.05) is 0 Å². The van der Waals surface area contributed by atoms with Gasteiger partial charge >= 0.3 is 0 Å². The van der Waals surface area contributed by atoms with Crippen molar-refractivity contribution in [2.45, 2.75) is 33.1 Å². The van der Waals surface area contributed by atoms with E-state index in [1.54, 1.807) is 7.11 Å². The quantitative estimate of drug-likeness (QED) is 0.264. The molecule has 7 heteroatoms. The zero-order valence-corrected chi connectivity index (χ0v) is 18.3. The van der Waals surface area contributed by atoms with E-state index in [9.17, 15) is 0 Å². The number of hydrogen-bond acceptors (Lipinski definition) is 5. The lowest BCUT2D eigenvalue weighted by Crippen LogP contribution is -2.46. The van der Waals surface area contributed by atoms with E-state index in [1.165, 1.54) is 45.7 Å². The summed E-state index contributed by atoms with van der Waals surface area (Å²) in [5.41, 5.74) is 0. The van der Waals surface area contributed by atoms with Crippen LogP contribution in [0.1, 0.15) is 33.1 Å². The molecular formula is C20H44N6O. The molecule has 0 aliphatic carbocycles. The van der Waals surface area contributed by atoms with Crippen LogP contribution in [0.25, 0.3) is 0 Å². The fourth-order valence-electron chi connectivity index (χ4n) is 3.26. The molecule has 0 atom stereocenters. The second-order valence-corrected chi connectivity index (χ2v) is 7.32. The Bertz CT molecular complexity index is 371. The topological polar surface area (TPSA) is 55.4 Å². The molecule has 0 radical (unpaired) electrons. The smallest absolute Gasteiger partial charge is 0.191 e. The van der Waals surface area contributed by atoms with E-state index >= 15 is 0 Å². The lowest BCUT2D eigenvalue weighted by atomic mass is 10.2. The highest BCUT2D eigenvalue weighted by Crippen LogP contribution is 2.03. The number of rotatable bonds is 14. The number of methoxy groups -OCH3 is 1. The molecule has 1 aliphatic rings. The van der Waals surface area contributed by atoms with Gasteiger partial charge in [-0.3, -0.25) is 4.99 Å². The zero-order chi connectivity index (χ0) is 19.7. The summed E-state index contributed by atoms with van der Waals surface area (Å²) in [5.74, 6) is 0.944. The average Bonchev–Trinajstić information content (AvgIpc) is 2.68. The van der Waals surface area contributed by atoms with Gasteiger partial charge in [-0.05, 0) is 46.3 Å². The maximum Gasteiger partial charge on any atom is 0.191 e. The first-order valence-corrected chi connectivity index (χ1v) is 10.8. The van der Waals surface area contributed by atoms with Gasteiger partial charge in [0.15, 0.2) is 5.96 Å². The number of nitrogens with one attached hydrogen (secondary N) is 2. The third-order valence-electron chi connectivity index (χ3n) is 5.08. The summed E-state index contributed by atoms with van der Waals surface area (Å²) in [6, 6.07) is 0. The Kier molecular flexibility index (Phi) is 14.4. The van der Waals surface area contributed by atoms with Crippen molar-refractivity contribution in [1.82, 2.24) is 25.3 Å². The first-order valence-electron chi connectivity index (χ1n) is 10.8. The lowest BCUT2D eigenvalue weighted by Gasteiger charge is -2.33. The monoisotopic (exact) mass is 384 g/mol. The Balaban J connectivity index is 2.12. The van der Waals surface area contributed by atoms with E-state index in [4.69, 9.17) is 9.73 Å². The summed E-state index contributed by atoms with van der Waals surface area (Å²) in [7, 11) is 3.91. The van der Waals surface area contributed by atoms with Gasteiger partial charge in [-0.25, -0.2) is 0 Å². The normalized spacial score (nSPS) is 16.9. The van der Waals surface area contributed by atoms with Gasteiger partial charge in [-0.2, -0.15) is 0 Å². The van der Waals surface area contributed by atoms with Gasteiger partial charge < -0.3 is 30.1 Å². The van der Waals surface area contributed by atoms with Gasteiger partial charge in [0.1, 0.15) is 0 Å². The van der Waals surface area contributed by atoms with Gasteiger partial charge in [0, 0.05) is 72.6 Å². The van der Waals surface area contributed by atoms with Crippen LogP contribution in [0.5, 0.6) is 0 Å². The lowest BCUT2D eigenvalue weighted by molar-refractivity contribution is 0.136. The number of guanidine groups is 1. The van der Waals surface area contributed by atoms with Crippen molar-refractivity contribution >= 4 is 5.96 Å². The number of unbranched alkanes of at least 4 members (excludes halogenated alkanes) is 1. The summed E-state index contributed by atoms with van der Waals surface area (Å²) in [5, 5.41) is 6.79. The first kappa shape index (κ1) is 24.1. The average molecular weight is 385 g/mol. The van der Waals surface area contributed by atoms with E-state index in [0.29, 0.717) is 0 Å². The molecule has 0 aromatic carbocycles. The minimum Gasteiger partial charge on any atom is -0.385 e. The van der Waals surface area contributed by atoms with Crippen LogP contribution in [0.3, 0.4) is 0 Å². The summed E-state index contributed by atoms with van der Waals surface area (Å²) in [6.45, 7) is 17.3. The molecule has 0 aromatic rings. The first-order chi connectivity index (χ1) is 13.2. The molecule has 0 aromatic heterocycles. The highest BCUT2D eigenvalue weighted by atomic mass is 16.5. The summed E-state index contributed by atoms with van der Waals surface area (Å²) >= 11 is 0. The van der Waals surface area contributed by atoms with Crippen molar-refractivity contribution in [3.8, 4) is 0 Å². The SMILES string of the molecule is CCNC(=NCCCCN1CCN(CC)CC1)NCCN(C)CCCOC. The molecule has 1 saturated heterocycles. The van der Waals surface area contributed by atoms with Crippen molar-refractivity contribution in [2.24, 2.45) is 4.99 Å². The Morgan fingerprint density at radius 1 is 1.00 bits per heavy atom.